The summed E-state index contributed by atoms with van der Waals surface area (Å²) in [7, 11) is 0. The molecule has 0 fully saturated rings. The Kier molecular flexibility index (Phi) is 3.04. The molecule has 2 rings (SSSR count). The van der Waals surface area contributed by atoms with Crippen LogP contribution in [0.3, 0.4) is 0 Å². The molecule has 0 aromatic heterocycles. The quantitative estimate of drug-likeness (QED) is 0.479. The molecule has 0 saturated heterocycles. The number of para-hydroxylation sites is 1. The first kappa shape index (κ1) is 10.9. The van der Waals surface area contributed by atoms with Crippen molar-refractivity contribution >= 4 is 26.2 Å². The maximum absolute atomic E-state index is 11.0. The molecule has 0 aliphatic carbocycles. The maximum atomic E-state index is 11.0. The second-order valence-corrected chi connectivity index (χ2v) is 4.20. The van der Waals surface area contributed by atoms with Gasteiger partial charge in [-0.15, -0.1) is 0 Å². The average Bonchev–Trinajstić information content (AvgIpc) is 2.29. The summed E-state index contributed by atoms with van der Waals surface area (Å²) < 4.78 is 0.561. The van der Waals surface area contributed by atoms with Crippen molar-refractivity contribution in [2.45, 2.75) is 0 Å². The summed E-state index contributed by atoms with van der Waals surface area (Å²) in [5.41, 5.74) is 1.63. The van der Waals surface area contributed by atoms with E-state index < -0.39 is 0 Å². The Morgan fingerprint density at radius 3 is 2.31 bits per heavy atom. The van der Waals surface area contributed by atoms with E-state index in [9.17, 15) is 10.1 Å². The van der Waals surface area contributed by atoms with E-state index in [1.807, 2.05) is 30.3 Å². The normalized spacial score (nSPS) is 10.0. The molecule has 16 heavy (non-hydrogen) atoms. The van der Waals surface area contributed by atoms with Crippen LogP contribution >= 0.6 is 0 Å². The van der Waals surface area contributed by atoms with E-state index >= 15 is 0 Å². The van der Waals surface area contributed by atoms with Gasteiger partial charge in [-0.2, -0.15) is 0 Å². The summed E-state index contributed by atoms with van der Waals surface area (Å²) in [6.07, 6.45) is 0. The zero-order valence-electron chi connectivity index (χ0n) is 8.29. The van der Waals surface area contributed by atoms with Gasteiger partial charge < -0.3 is 0 Å². The molecule has 2 aromatic rings. The first-order valence-corrected chi connectivity index (χ1v) is 5.55. The molecule has 0 aliphatic heterocycles. The van der Waals surface area contributed by atoms with Crippen molar-refractivity contribution in [2.24, 2.45) is 0 Å². The number of nitro benzene ring substituents is 1. The molecule has 0 aliphatic rings. The molecule has 4 heteroatoms. The van der Waals surface area contributed by atoms with Crippen LogP contribution < -0.4 is 4.46 Å². The second-order valence-electron chi connectivity index (χ2n) is 3.28. The molecule has 0 bridgehead atoms. The van der Waals surface area contributed by atoms with Gasteiger partial charge in [-0.25, -0.2) is 0 Å². The number of benzene rings is 2. The van der Waals surface area contributed by atoms with E-state index in [2.05, 4.69) is 16.0 Å². The SMILES string of the molecule is O=[N+]([O-])c1c([Se])cccc1-c1ccccc1. The van der Waals surface area contributed by atoms with Gasteiger partial charge in [-0.1, -0.05) is 0 Å². The summed E-state index contributed by atoms with van der Waals surface area (Å²) in [6, 6.07) is 14.6. The third-order valence-electron chi connectivity index (χ3n) is 2.27. The van der Waals surface area contributed by atoms with Crippen molar-refractivity contribution in [1.29, 1.82) is 0 Å². The third-order valence-corrected chi connectivity index (χ3v) is 2.96. The van der Waals surface area contributed by atoms with Crippen LogP contribution in [0.1, 0.15) is 0 Å². The molecular weight excluding hydrogens is 269 g/mol. The molecule has 0 heterocycles. The Bertz CT molecular complexity index is 526. The monoisotopic (exact) mass is 278 g/mol. The van der Waals surface area contributed by atoms with Crippen molar-refractivity contribution < 1.29 is 4.92 Å². The summed E-state index contributed by atoms with van der Waals surface area (Å²) in [5.74, 6) is 0. The Morgan fingerprint density at radius 1 is 1.00 bits per heavy atom. The molecule has 0 amide bonds. The molecule has 0 unspecified atom stereocenters. The fraction of sp³-hybridized carbons (Fsp3) is 0. The number of hydrogen-bond donors (Lipinski definition) is 0. The first-order valence-electron chi connectivity index (χ1n) is 4.70. The van der Waals surface area contributed by atoms with Crippen molar-refractivity contribution in [2.75, 3.05) is 0 Å². The van der Waals surface area contributed by atoms with E-state index in [1.165, 1.54) is 0 Å². The van der Waals surface area contributed by atoms with Gasteiger partial charge in [0, 0.05) is 0 Å². The van der Waals surface area contributed by atoms with Crippen molar-refractivity contribution in [3.05, 3.63) is 58.6 Å². The number of nitrogens with zero attached hydrogens (tertiary/aromatic N) is 1. The predicted octanol–water partition coefficient (Wildman–Crippen LogP) is 2.06. The van der Waals surface area contributed by atoms with Gasteiger partial charge in [-0.05, 0) is 0 Å². The molecule has 0 atom stereocenters. The van der Waals surface area contributed by atoms with Gasteiger partial charge >= 0.3 is 101 Å². The summed E-state index contributed by atoms with van der Waals surface area (Å²) in [4.78, 5) is 10.6. The van der Waals surface area contributed by atoms with Gasteiger partial charge in [0.1, 0.15) is 0 Å². The zero-order valence-corrected chi connectivity index (χ0v) is 10.0. The van der Waals surface area contributed by atoms with Crippen LogP contribution in [0.4, 0.5) is 5.69 Å². The minimum absolute atomic E-state index is 0.133. The molecular formula is C12H8NO2Se. The van der Waals surface area contributed by atoms with Crippen LogP contribution in [-0.4, -0.2) is 20.9 Å². The van der Waals surface area contributed by atoms with E-state index in [0.29, 0.717) is 10.0 Å². The topological polar surface area (TPSA) is 43.1 Å². The second kappa shape index (κ2) is 4.47. The minimum atomic E-state index is -0.353. The van der Waals surface area contributed by atoms with Crippen LogP contribution in [0, 0.1) is 10.1 Å². The molecule has 3 nitrogen and oxygen atoms in total. The van der Waals surface area contributed by atoms with Gasteiger partial charge in [0.15, 0.2) is 0 Å². The zero-order chi connectivity index (χ0) is 11.5. The van der Waals surface area contributed by atoms with Gasteiger partial charge in [0.05, 0.1) is 0 Å². The summed E-state index contributed by atoms with van der Waals surface area (Å²) in [5, 5.41) is 11.0. The van der Waals surface area contributed by atoms with Crippen molar-refractivity contribution in [1.82, 2.24) is 0 Å². The Labute approximate surface area is 101 Å². The number of rotatable bonds is 2. The summed E-state index contributed by atoms with van der Waals surface area (Å²) >= 11 is 2.72. The molecule has 0 saturated carbocycles. The van der Waals surface area contributed by atoms with Crippen LogP contribution in [0.5, 0.6) is 0 Å². The van der Waals surface area contributed by atoms with Gasteiger partial charge in [0.2, 0.25) is 0 Å². The van der Waals surface area contributed by atoms with Crippen molar-refractivity contribution in [3.8, 4) is 11.1 Å². The van der Waals surface area contributed by atoms with Crippen LogP contribution in [0.15, 0.2) is 48.5 Å². The molecule has 1 radical (unpaired) electrons. The molecule has 2 aromatic carbocycles. The molecule has 79 valence electrons. The standard InChI is InChI=1S/C12H8NO2Se/c14-13(15)12-10(7-4-8-11(12)16)9-5-2-1-3-6-9/h1-8H. The predicted molar refractivity (Wildman–Crippen MR) is 63.9 cm³/mol. The third kappa shape index (κ3) is 1.98. The molecule has 0 N–H and O–H groups in total. The van der Waals surface area contributed by atoms with Gasteiger partial charge in [0.25, 0.3) is 0 Å². The van der Waals surface area contributed by atoms with E-state index in [1.54, 1.807) is 18.2 Å². The van der Waals surface area contributed by atoms with Crippen molar-refractivity contribution in [3.63, 3.8) is 0 Å². The van der Waals surface area contributed by atoms with Crippen LogP contribution in [0.2, 0.25) is 0 Å². The fourth-order valence-corrected chi connectivity index (χ4v) is 2.11. The first-order chi connectivity index (χ1) is 7.70. The van der Waals surface area contributed by atoms with Gasteiger partial charge in [-0.3, -0.25) is 0 Å². The molecule has 0 spiro atoms. The number of hydrogen-bond acceptors (Lipinski definition) is 2. The van der Waals surface area contributed by atoms with Crippen LogP contribution in [0.25, 0.3) is 11.1 Å². The fourth-order valence-electron chi connectivity index (χ4n) is 1.56. The van der Waals surface area contributed by atoms with E-state index in [4.69, 9.17) is 0 Å². The Hall–Kier alpha value is -1.64. The van der Waals surface area contributed by atoms with E-state index in [0.717, 1.165) is 5.56 Å². The number of nitro groups is 1. The average molecular weight is 277 g/mol. The Balaban J connectivity index is 2.66. The Morgan fingerprint density at radius 2 is 1.69 bits per heavy atom. The van der Waals surface area contributed by atoms with Crippen LogP contribution in [-0.2, 0) is 0 Å². The summed E-state index contributed by atoms with van der Waals surface area (Å²) in [6.45, 7) is 0. The van der Waals surface area contributed by atoms with E-state index in [-0.39, 0.29) is 10.6 Å².